The second-order valence-corrected chi connectivity index (χ2v) is 10.6. The summed E-state index contributed by atoms with van der Waals surface area (Å²) in [6.45, 7) is 16.7. The van der Waals surface area contributed by atoms with Gasteiger partial charge in [0.25, 0.3) is 0 Å². The van der Waals surface area contributed by atoms with Crippen molar-refractivity contribution in [2.75, 3.05) is 36.3 Å². The minimum absolute atomic E-state index is 0.491. The molecule has 5 aromatic rings. The van der Waals surface area contributed by atoms with E-state index < -0.39 is 0 Å². The number of hydrazone groups is 2. The number of nitrogens with zero attached hydrogens (tertiary/aromatic N) is 5. The summed E-state index contributed by atoms with van der Waals surface area (Å²) in [6.07, 6.45) is 2.93. The maximum atomic E-state index is 5.43. The Morgan fingerprint density at radius 2 is 1.09 bits per heavy atom. The molecule has 0 bridgehead atoms. The highest BCUT2D eigenvalue weighted by molar-refractivity contribution is 6.13. The summed E-state index contributed by atoms with van der Waals surface area (Å²) in [7, 11) is 0. The van der Waals surface area contributed by atoms with E-state index >= 15 is 0 Å². The van der Waals surface area contributed by atoms with Crippen molar-refractivity contribution in [1.82, 2.24) is 4.57 Å². The van der Waals surface area contributed by atoms with Gasteiger partial charge in [0.1, 0.15) is 13.2 Å². The number of aryl methyl sites for hydroxylation is 1. The maximum absolute atomic E-state index is 5.43. The summed E-state index contributed by atoms with van der Waals surface area (Å²) in [5.41, 5.74) is 8.39. The van der Waals surface area contributed by atoms with Crippen LogP contribution in [-0.4, -0.2) is 42.3 Å². The Morgan fingerprint density at radius 3 is 1.47 bits per heavy atom. The molecule has 0 N–H and O–H groups in total. The quantitative estimate of drug-likeness (QED) is 0.0523. The SMILES string of the molecule is C=COCCN(N=C(C)c1ccc2c(c1)c1cc(C(C)=NN(CCOC=C)c3ccccc3)ccc1n2CC)c1ccccc1. The number of aromatic nitrogens is 1. The van der Waals surface area contributed by atoms with Crippen LogP contribution in [0.2, 0.25) is 0 Å². The molecule has 0 aliphatic rings. The summed E-state index contributed by atoms with van der Waals surface area (Å²) in [4.78, 5) is 0. The van der Waals surface area contributed by atoms with Gasteiger partial charge in [-0.15, -0.1) is 0 Å². The smallest absolute Gasteiger partial charge is 0.107 e. The van der Waals surface area contributed by atoms with Gasteiger partial charge in [0, 0.05) is 28.4 Å². The molecule has 0 radical (unpaired) electrons. The molecule has 4 aromatic carbocycles. The van der Waals surface area contributed by atoms with E-state index in [1.807, 2.05) is 46.4 Å². The first kappa shape index (κ1) is 31.1. The number of ether oxygens (including phenoxy) is 2. The number of benzene rings is 4. The Morgan fingerprint density at radius 1 is 0.667 bits per heavy atom. The normalized spacial score (nSPS) is 11.9. The van der Waals surface area contributed by atoms with Gasteiger partial charge in [0.15, 0.2) is 0 Å². The lowest BCUT2D eigenvalue weighted by Crippen LogP contribution is -2.23. The molecule has 0 unspecified atom stereocenters. The van der Waals surface area contributed by atoms with E-state index in [0.717, 1.165) is 40.5 Å². The molecule has 1 heterocycles. The molecule has 230 valence electrons. The lowest BCUT2D eigenvalue weighted by Gasteiger charge is -2.20. The third-order valence-corrected chi connectivity index (χ3v) is 7.74. The highest BCUT2D eigenvalue weighted by atomic mass is 16.5. The van der Waals surface area contributed by atoms with E-state index in [1.165, 1.54) is 34.3 Å². The van der Waals surface area contributed by atoms with Crippen LogP contribution in [0.15, 0.2) is 133 Å². The maximum Gasteiger partial charge on any atom is 0.107 e. The van der Waals surface area contributed by atoms with E-state index in [4.69, 9.17) is 19.7 Å². The van der Waals surface area contributed by atoms with Gasteiger partial charge >= 0.3 is 0 Å². The van der Waals surface area contributed by atoms with E-state index in [0.29, 0.717) is 26.3 Å². The van der Waals surface area contributed by atoms with Gasteiger partial charge in [-0.05, 0) is 80.4 Å². The van der Waals surface area contributed by atoms with Crippen molar-refractivity contribution < 1.29 is 9.47 Å². The fraction of sp³-hybridized carbons (Fsp3) is 0.211. The third kappa shape index (κ3) is 7.27. The molecular formula is C38H41N5O2. The Labute approximate surface area is 266 Å². The summed E-state index contributed by atoms with van der Waals surface area (Å²) >= 11 is 0. The zero-order chi connectivity index (χ0) is 31.6. The second kappa shape index (κ2) is 14.9. The second-order valence-electron chi connectivity index (χ2n) is 10.6. The van der Waals surface area contributed by atoms with E-state index in [1.54, 1.807) is 0 Å². The molecule has 0 atom stereocenters. The Bertz CT molecular complexity index is 1680. The lowest BCUT2D eigenvalue weighted by molar-refractivity contribution is 0.258. The van der Waals surface area contributed by atoms with E-state index in [2.05, 4.69) is 99.2 Å². The predicted octanol–water partition coefficient (Wildman–Crippen LogP) is 8.60. The third-order valence-electron chi connectivity index (χ3n) is 7.74. The van der Waals surface area contributed by atoms with Crippen LogP contribution < -0.4 is 10.0 Å². The minimum Gasteiger partial charge on any atom is -0.500 e. The Hall–Kier alpha value is -5.30. The summed E-state index contributed by atoms with van der Waals surface area (Å²) in [6, 6.07) is 33.5. The Kier molecular flexibility index (Phi) is 10.3. The molecule has 7 nitrogen and oxygen atoms in total. The zero-order valence-corrected chi connectivity index (χ0v) is 26.4. The summed E-state index contributed by atoms with van der Waals surface area (Å²) < 4.78 is 13.2. The van der Waals surface area contributed by atoms with Gasteiger partial charge < -0.3 is 14.0 Å². The van der Waals surface area contributed by atoms with Crippen LogP contribution in [0.25, 0.3) is 21.8 Å². The molecule has 45 heavy (non-hydrogen) atoms. The lowest BCUT2D eigenvalue weighted by atomic mass is 10.0. The topological polar surface area (TPSA) is 54.6 Å². The summed E-state index contributed by atoms with van der Waals surface area (Å²) in [5, 5.41) is 16.4. The van der Waals surface area contributed by atoms with Crippen molar-refractivity contribution in [2.24, 2.45) is 10.2 Å². The van der Waals surface area contributed by atoms with Gasteiger partial charge in [0.05, 0.1) is 48.4 Å². The average Bonchev–Trinajstić information content (AvgIpc) is 3.40. The number of hydrogen-bond donors (Lipinski definition) is 0. The molecule has 1 aromatic heterocycles. The van der Waals surface area contributed by atoms with Gasteiger partial charge in [-0.1, -0.05) is 61.7 Å². The number of fused-ring (bicyclic) bond motifs is 3. The summed E-state index contributed by atoms with van der Waals surface area (Å²) in [5.74, 6) is 0. The first-order valence-corrected chi connectivity index (χ1v) is 15.3. The van der Waals surface area contributed by atoms with E-state index in [9.17, 15) is 0 Å². The van der Waals surface area contributed by atoms with Crippen LogP contribution in [0.4, 0.5) is 11.4 Å². The standard InChI is InChI=1S/C38H41N5O2/c1-6-41-37-21-19-31(29(4)39-42(23-25-44-7-2)33-15-11-9-12-16-33)27-35(37)36-28-32(20-22-38(36)41)30(5)40-43(24-26-45-8-3)34-17-13-10-14-18-34/h7-22,27-28H,2-3,6,23-26H2,1,4-5H3. The van der Waals surface area contributed by atoms with Gasteiger partial charge in [-0.25, -0.2) is 0 Å². The van der Waals surface area contributed by atoms with Crippen molar-refractivity contribution in [2.45, 2.75) is 27.3 Å². The van der Waals surface area contributed by atoms with Gasteiger partial charge in [-0.3, -0.25) is 10.0 Å². The molecule has 0 aliphatic heterocycles. The largest absolute Gasteiger partial charge is 0.500 e. The van der Waals surface area contributed by atoms with Crippen LogP contribution in [0.3, 0.4) is 0 Å². The first-order chi connectivity index (χ1) is 22.0. The first-order valence-electron chi connectivity index (χ1n) is 15.3. The molecule has 5 rings (SSSR count). The van der Waals surface area contributed by atoms with Crippen molar-refractivity contribution in [3.05, 3.63) is 134 Å². The molecule has 0 amide bonds. The van der Waals surface area contributed by atoms with Gasteiger partial charge in [0.2, 0.25) is 0 Å². The zero-order valence-electron chi connectivity index (χ0n) is 26.4. The molecule has 0 fully saturated rings. The molecule has 0 spiro atoms. The fourth-order valence-corrected chi connectivity index (χ4v) is 5.49. The van der Waals surface area contributed by atoms with Gasteiger partial charge in [-0.2, -0.15) is 10.2 Å². The highest BCUT2D eigenvalue weighted by Gasteiger charge is 2.15. The van der Waals surface area contributed by atoms with Crippen LogP contribution in [0.5, 0.6) is 0 Å². The Balaban J connectivity index is 1.53. The van der Waals surface area contributed by atoms with Crippen molar-refractivity contribution in [3.63, 3.8) is 0 Å². The van der Waals surface area contributed by atoms with Crippen molar-refractivity contribution in [1.29, 1.82) is 0 Å². The average molecular weight is 600 g/mol. The van der Waals surface area contributed by atoms with Crippen molar-refractivity contribution >= 4 is 44.6 Å². The van der Waals surface area contributed by atoms with Crippen LogP contribution >= 0.6 is 0 Å². The number of anilines is 2. The predicted molar refractivity (Wildman–Crippen MR) is 189 cm³/mol. The molecule has 0 saturated heterocycles. The van der Waals surface area contributed by atoms with Crippen LogP contribution in [0, 0.1) is 0 Å². The molecule has 0 saturated carbocycles. The fourth-order valence-electron chi connectivity index (χ4n) is 5.49. The molecule has 7 heteroatoms. The van der Waals surface area contributed by atoms with E-state index in [-0.39, 0.29) is 0 Å². The number of hydrogen-bond acceptors (Lipinski definition) is 6. The highest BCUT2D eigenvalue weighted by Crippen LogP contribution is 2.31. The monoisotopic (exact) mass is 599 g/mol. The van der Waals surface area contributed by atoms with Crippen molar-refractivity contribution in [3.8, 4) is 0 Å². The minimum atomic E-state index is 0.491. The van der Waals surface area contributed by atoms with Crippen LogP contribution in [-0.2, 0) is 16.0 Å². The number of rotatable bonds is 15. The number of para-hydroxylation sites is 2. The molecular weight excluding hydrogens is 558 g/mol. The molecule has 0 aliphatic carbocycles. The van der Waals surface area contributed by atoms with Crippen LogP contribution in [0.1, 0.15) is 31.9 Å².